The van der Waals surface area contributed by atoms with Crippen molar-refractivity contribution in [2.24, 2.45) is 0 Å². The third-order valence-electron chi connectivity index (χ3n) is 3.88. The van der Waals surface area contributed by atoms with Crippen molar-refractivity contribution in [2.75, 3.05) is 0 Å². The Hall–Kier alpha value is -3.14. The molecule has 0 unspecified atom stereocenters. The smallest absolute Gasteiger partial charge is 0.310 e. The van der Waals surface area contributed by atoms with Crippen LogP contribution in [0.25, 0.3) is 6.08 Å². The first kappa shape index (κ1) is 16.7. The number of rotatable bonds is 4. The molecule has 2 aromatic carbocycles. The quantitative estimate of drug-likeness (QED) is 0.470. The van der Waals surface area contributed by atoms with E-state index in [1.807, 2.05) is 36.4 Å². The maximum absolute atomic E-state index is 12.4. The van der Waals surface area contributed by atoms with Crippen molar-refractivity contribution in [1.82, 2.24) is 0 Å². The molecule has 0 saturated heterocycles. The average Bonchev–Trinajstić information content (AvgIpc) is 2.95. The van der Waals surface area contributed by atoms with Gasteiger partial charge in [0.15, 0.2) is 5.76 Å². The van der Waals surface area contributed by atoms with E-state index in [-0.39, 0.29) is 23.9 Å². The molecule has 0 bridgehead atoms. The molecule has 3 rings (SSSR count). The standard InChI is InChI=1S/C21H18O4/c1-3-19(22)24-17-13-12-16-20(23)18(25-21(16)14(17)2)11-7-10-15-8-5-4-6-9-15/h4-13H,3H2,1-2H3/b10-7+,18-11-. The molecule has 1 heterocycles. The molecule has 0 aliphatic carbocycles. The summed E-state index contributed by atoms with van der Waals surface area (Å²) in [6.07, 6.45) is 5.61. The van der Waals surface area contributed by atoms with Gasteiger partial charge in [0.05, 0.1) is 5.56 Å². The molecule has 4 heteroatoms. The lowest BCUT2D eigenvalue weighted by Gasteiger charge is -2.09. The van der Waals surface area contributed by atoms with E-state index >= 15 is 0 Å². The zero-order chi connectivity index (χ0) is 17.8. The van der Waals surface area contributed by atoms with Gasteiger partial charge in [0.1, 0.15) is 11.5 Å². The SMILES string of the molecule is CCC(=O)Oc1ccc2c(c1C)O/C(=C\C=C\c1ccccc1)C2=O. The fourth-order valence-corrected chi connectivity index (χ4v) is 2.50. The molecule has 4 nitrogen and oxygen atoms in total. The van der Waals surface area contributed by atoms with Crippen molar-refractivity contribution < 1.29 is 19.1 Å². The second-order valence-electron chi connectivity index (χ2n) is 5.62. The van der Waals surface area contributed by atoms with Gasteiger partial charge in [0.25, 0.3) is 0 Å². The number of allylic oxidation sites excluding steroid dienone is 3. The largest absolute Gasteiger partial charge is 0.452 e. The lowest BCUT2D eigenvalue weighted by Crippen LogP contribution is -2.06. The van der Waals surface area contributed by atoms with Gasteiger partial charge in [-0.25, -0.2) is 0 Å². The molecule has 0 radical (unpaired) electrons. The average molecular weight is 334 g/mol. The fourth-order valence-electron chi connectivity index (χ4n) is 2.50. The van der Waals surface area contributed by atoms with E-state index in [1.165, 1.54) is 0 Å². The van der Waals surface area contributed by atoms with Crippen molar-refractivity contribution in [1.29, 1.82) is 0 Å². The van der Waals surface area contributed by atoms with Crippen molar-refractivity contribution >= 4 is 17.8 Å². The molecule has 0 amide bonds. The molecule has 0 spiro atoms. The van der Waals surface area contributed by atoms with E-state index in [9.17, 15) is 9.59 Å². The Balaban J connectivity index is 1.83. The predicted molar refractivity (Wildman–Crippen MR) is 95.6 cm³/mol. The third kappa shape index (κ3) is 3.53. The lowest BCUT2D eigenvalue weighted by molar-refractivity contribution is -0.134. The van der Waals surface area contributed by atoms with Crippen LogP contribution < -0.4 is 9.47 Å². The lowest BCUT2D eigenvalue weighted by atomic mass is 10.1. The van der Waals surface area contributed by atoms with Crippen molar-refractivity contribution in [2.45, 2.75) is 20.3 Å². The maximum Gasteiger partial charge on any atom is 0.310 e. The van der Waals surface area contributed by atoms with E-state index < -0.39 is 0 Å². The summed E-state index contributed by atoms with van der Waals surface area (Å²) in [6.45, 7) is 3.50. The first-order valence-corrected chi connectivity index (χ1v) is 8.10. The zero-order valence-electron chi connectivity index (χ0n) is 14.1. The molecular formula is C21H18O4. The number of Topliss-reactive ketones (excluding diaryl/α,β-unsaturated/α-hetero) is 1. The van der Waals surface area contributed by atoms with E-state index in [4.69, 9.17) is 9.47 Å². The van der Waals surface area contributed by atoms with Crippen LogP contribution in [0.2, 0.25) is 0 Å². The summed E-state index contributed by atoms with van der Waals surface area (Å²) in [7, 11) is 0. The Morgan fingerprint density at radius 2 is 1.92 bits per heavy atom. The Kier molecular flexibility index (Phi) is 4.80. The van der Waals surface area contributed by atoms with Crippen molar-refractivity contribution in [3.05, 3.63) is 77.1 Å². The molecule has 2 aromatic rings. The van der Waals surface area contributed by atoms with Crippen molar-refractivity contribution in [3.63, 3.8) is 0 Å². The van der Waals surface area contributed by atoms with Gasteiger partial charge in [-0.15, -0.1) is 0 Å². The number of hydrogen-bond acceptors (Lipinski definition) is 4. The summed E-state index contributed by atoms with van der Waals surface area (Å²) in [5, 5.41) is 0. The number of carbonyl (C=O) groups is 2. The van der Waals surface area contributed by atoms with E-state index in [0.29, 0.717) is 22.6 Å². The number of esters is 1. The van der Waals surface area contributed by atoms with Gasteiger partial charge in [-0.05, 0) is 30.7 Å². The van der Waals surface area contributed by atoms with Crippen LogP contribution in [0.15, 0.2) is 60.4 Å². The minimum Gasteiger partial charge on any atom is -0.452 e. The monoisotopic (exact) mass is 334 g/mol. The van der Waals surface area contributed by atoms with Gasteiger partial charge in [-0.3, -0.25) is 9.59 Å². The normalized spacial score (nSPS) is 14.6. The Morgan fingerprint density at radius 3 is 2.64 bits per heavy atom. The van der Waals surface area contributed by atoms with Crippen LogP contribution in [0.1, 0.15) is 34.8 Å². The topological polar surface area (TPSA) is 52.6 Å². The highest BCUT2D eigenvalue weighted by molar-refractivity contribution is 6.13. The van der Waals surface area contributed by atoms with E-state index in [0.717, 1.165) is 5.56 Å². The maximum atomic E-state index is 12.4. The molecular weight excluding hydrogens is 316 g/mol. The summed E-state index contributed by atoms with van der Waals surface area (Å²) >= 11 is 0. The van der Waals surface area contributed by atoms with E-state index in [2.05, 4.69) is 0 Å². The molecule has 0 N–H and O–H groups in total. The molecule has 126 valence electrons. The minimum atomic E-state index is -0.325. The van der Waals surface area contributed by atoms with Crippen LogP contribution in [0.5, 0.6) is 11.5 Å². The molecule has 1 aliphatic heterocycles. The second kappa shape index (κ2) is 7.18. The summed E-state index contributed by atoms with van der Waals surface area (Å²) in [4.78, 5) is 23.9. The molecule has 1 aliphatic rings. The van der Waals surface area contributed by atoms with Gasteiger partial charge in [0, 0.05) is 12.0 Å². The van der Waals surface area contributed by atoms with Crippen LogP contribution in [-0.2, 0) is 4.79 Å². The highest BCUT2D eigenvalue weighted by atomic mass is 16.5. The van der Waals surface area contributed by atoms with Crippen LogP contribution in [-0.4, -0.2) is 11.8 Å². The molecule has 25 heavy (non-hydrogen) atoms. The highest BCUT2D eigenvalue weighted by Gasteiger charge is 2.30. The number of hydrogen-bond donors (Lipinski definition) is 0. The number of ether oxygens (including phenoxy) is 2. The van der Waals surface area contributed by atoms with Gasteiger partial charge in [-0.2, -0.15) is 0 Å². The number of ketones is 1. The highest BCUT2D eigenvalue weighted by Crippen LogP contribution is 2.38. The molecule has 0 atom stereocenters. The number of carbonyl (C=O) groups excluding carboxylic acids is 2. The van der Waals surface area contributed by atoms with Crippen LogP contribution >= 0.6 is 0 Å². The van der Waals surface area contributed by atoms with Gasteiger partial charge in [-0.1, -0.05) is 49.4 Å². The summed E-state index contributed by atoms with van der Waals surface area (Å²) in [6, 6.07) is 13.0. The first-order valence-electron chi connectivity index (χ1n) is 8.10. The Morgan fingerprint density at radius 1 is 1.16 bits per heavy atom. The summed E-state index contributed by atoms with van der Waals surface area (Å²) < 4.78 is 11.0. The fraction of sp³-hybridized carbons (Fsp3) is 0.143. The van der Waals surface area contributed by atoms with Crippen LogP contribution in [0.3, 0.4) is 0 Å². The van der Waals surface area contributed by atoms with Crippen LogP contribution in [0, 0.1) is 6.92 Å². The Labute approximate surface area is 146 Å². The zero-order valence-corrected chi connectivity index (χ0v) is 14.1. The Bertz CT molecular complexity index is 876. The van der Waals surface area contributed by atoms with Gasteiger partial charge < -0.3 is 9.47 Å². The van der Waals surface area contributed by atoms with Gasteiger partial charge in [0.2, 0.25) is 5.78 Å². The molecule has 0 fully saturated rings. The van der Waals surface area contributed by atoms with Crippen LogP contribution in [0.4, 0.5) is 0 Å². The van der Waals surface area contributed by atoms with Crippen molar-refractivity contribution in [3.8, 4) is 11.5 Å². The summed E-state index contributed by atoms with van der Waals surface area (Å²) in [5.74, 6) is 0.618. The molecule has 0 saturated carbocycles. The van der Waals surface area contributed by atoms with E-state index in [1.54, 1.807) is 38.1 Å². The molecule has 0 aromatic heterocycles. The third-order valence-corrected chi connectivity index (χ3v) is 3.88. The minimum absolute atomic E-state index is 0.177. The van der Waals surface area contributed by atoms with Gasteiger partial charge >= 0.3 is 5.97 Å². The number of fused-ring (bicyclic) bond motifs is 1. The second-order valence-corrected chi connectivity index (χ2v) is 5.62. The summed E-state index contributed by atoms with van der Waals surface area (Å²) in [5.41, 5.74) is 2.16. The first-order chi connectivity index (χ1) is 12.1. The predicted octanol–water partition coefficient (Wildman–Crippen LogP) is 4.48. The number of benzene rings is 2.